The average Bonchev–Trinajstić information content (AvgIpc) is 3.07. The van der Waals surface area contributed by atoms with Crippen LogP contribution in [-0.4, -0.2) is 21.7 Å². The number of pyridine rings is 1. The first-order chi connectivity index (χ1) is 11.5. The van der Waals surface area contributed by atoms with E-state index in [2.05, 4.69) is 31.2 Å². The fourth-order valence-corrected chi connectivity index (χ4v) is 3.04. The number of carbonyl (C=O) groups is 2. The van der Waals surface area contributed by atoms with Crippen LogP contribution in [0.25, 0.3) is 0 Å². The number of hydrogen-bond donors (Lipinski definition) is 2. The van der Waals surface area contributed by atoms with E-state index in [9.17, 15) is 9.59 Å². The van der Waals surface area contributed by atoms with Gasteiger partial charge >= 0.3 is 0 Å². The van der Waals surface area contributed by atoms with E-state index in [4.69, 9.17) is 5.73 Å². The third-order valence-electron chi connectivity index (χ3n) is 3.09. The van der Waals surface area contributed by atoms with Crippen molar-refractivity contribution in [2.45, 2.75) is 0 Å². The van der Waals surface area contributed by atoms with Crippen LogP contribution >= 0.6 is 27.3 Å². The van der Waals surface area contributed by atoms with E-state index in [0.29, 0.717) is 15.0 Å². The van der Waals surface area contributed by atoms with Crippen molar-refractivity contribution in [3.63, 3.8) is 0 Å². The van der Waals surface area contributed by atoms with Gasteiger partial charge in [0.15, 0.2) is 5.01 Å². The molecule has 0 aliphatic carbocycles. The van der Waals surface area contributed by atoms with E-state index in [0.717, 1.165) is 11.3 Å². The van der Waals surface area contributed by atoms with Crippen LogP contribution in [0, 0.1) is 0 Å². The second-order valence-corrected chi connectivity index (χ2v) is 6.71. The Balaban J connectivity index is 1.81. The van der Waals surface area contributed by atoms with Crippen molar-refractivity contribution in [3.05, 3.63) is 68.7 Å². The quantitative estimate of drug-likeness (QED) is 0.651. The van der Waals surface area contributed by atoms with Gasteiger partial charge < -0.3 is 11.1 Å². The molecular formula is C16H11BrN4O2S. The number of nitrogen functional groups attached to an aromatic ring is 1. The number of nitrogens with zero attached hydrogens (tertiary/aromatic N) is 2. The van der Waals surface area contributed by atoms with Gasteiger partial charge in [-0.2, -0.15) is 0 Å². The minimum absolute atomic E-state index is 0.119. The van der Waals surface area contributed by atoms with Crippen molar-refractivity contribution < 1.29 is 9.59 Å². The maximum Gasteiger partial charge on any atom is 0.267 e. The molecule has 0 saturated heterocycles. The number of amides is 1. The fraction of sp³-hybridized carbons (Fsp3) is 0. The Morgan fingerprint density at radius 2 is 1.88 bits per heavy atom. The van der Waals surface area contributed by atoms with Crippen molar-refractivity contribution in [1.29, 1.82) is 0 Å². The molecule has 3 rings (SSSR count). The largest absolute Gasteiger partial charge is 0.383 e. The number of aromatic nitrogens is 2. The summed E-state index contributed by atoms with van der Waals surface area (Å²) in [6, 6.07) is 10.6. The molecule has 1 aromatic carbocycles. The molecule has 120 valence electrons. The Labute approximate surface area is 149 Å². The van der Waals surface area contributed by atoms with Gasteiger partial charge in [-0.05, 0) is 34.1 Å². The number of carbonyl (C=O) groups excluding carboxylic acids is 2. The zero-order valence-corrected chi connectivity index (χ0v) is 14.6. The highest BCUT2D eigenvalue weighted by molar-refractivity contribution is 9.10. The summed E-state index contributed by atoms with van der Waals surface area (Å²) in [5, 5.41) is 2.93. The first-order valence-electron chi connectivity index (χ1n) is 6.82. The van der Waals surface area contributed by atoms with Crippen LogP contribution in [0.2, 0.25) is 0 Å². The van der Waals surface area contributed by atoms with Gasteiger partial charge in [-0.1, -0.05) is 18.2 Å². The summed E-state index contributed by atoms with van der Waals surface area (Å²) in [5.74, 6) is -0.572. The number of rotatable bonds is 4. The summed E-state index contributed by atoms with van der Waals surface area (Å²) in [6.07, 6.45) is 2.88. The van der Waals surface area contributed by atoms with Crippen molar-refractivity contribution >= 4 is 50.5 Å². The molecule has 3 aromatic rings. The third-order valence-corrected chi connectivity index (χ3v) is 4.51. The number of para-hydroxylation sites is 1. The van der Waals surface area contributed by atoms with Gasteiger partial charge in [0.1, 0.15) is 10.7 Å². The lowest BCUT2D eigenvalue weighted by Crippen LogP contribution is -2.09. The average molecular weight is 403 g/mol. The van der Waals surface area contributed by atoms with Crippen LogP contribution in [0.1, 0.15) is 25.0 Å². The number of ketones is 1. The standard InChI is InChI=1S/C16H11BrN4O2S/c17-9-6-11(14(18)19-7-9)13(22)16-20-8-12(24-16)15(23)21-10-4-2-1-3-5-10/h1-8H,(H2,18,19)(H,21,23). The van der Waals surface area contributed by atoms with Crippen molar-refractivity contribution in [3.8, 4) is 0 Å². The number of hydrogen-bond acceptors (Lipinski definition) is 6. The second kappa shape index (κ2) is 6.90. The van der Waals surface area contributed by atoms with Crippen LogP contribution in [-0.2, 0) is 0 Å². The predicted molar refractivity (Wildman–Crippen MR) is 96.3 cm³/mol. The van der Waals surface area contributed by atoms with E-state index >= 15 is 0 Å². The summed E-state index contributed by atoms with van der Waals surface area (Å²) in [6.45, 7) is 0. The van der Waals surface area contributed by atoms with E-state index in [1.54, 1.807) is 18.2 Å². The molecule has 0 bridgehead atoms. The maximum absolute atomic E-state index is 12.5. The topological polar surface area (TPSA) is 98.0 Å². The molecule has 2 aromatic heterocycles. The van der Waals surface area contributed by atoms with Gasteiger partial charge in [0.05, 0.1) is 11.8 Å². The maximum atomic E-state index is 12.5. The summed E-state index contributed by atoms with van der Waals surface area (Å²) < 4.78 is 0.638. The highest BCUT2D eigenvalue weighted by atomic mass is 79.9. The molecule has 0 atom stereocenters. The minimum atomic E-state index is -0.370. The van der Waals surface area contributed by atoms with E-state index in [-0.39, 0.29) is 28.1 Å². The number of nitrogens with one attached hydrogen (secondary N) is 1. The molecular weight excluding hydrogens is 392 g/mol. The molecule has 0 aliphatic heterocycles. The summed E-state index contributed by atoms with van der Waals surface area (Å²) in [4.78, 5) is 33.0. The Kier molecular flexibility index (Phi) is 4.68. The van der Waals surface area contributed by atoms with Crippen LogP contribution < -0.4 is 11.1 Å². The number of anilines is 2. The molecule has 0 unspecified atom stereocenters. The zero-order chi connectivity index (χ0) is 17.1. The molecule has 6 nitrogen and oxygen atoms in total. The van der Waals surface area contributed by atoms with Crippen LogP contribution in [0.3, 0.4) is 0 Å². The predicted octanol–water partition coefficient (Wildman–Crippen LogP) is 3.37. The van der Waals surface area contributed by atoms with Gasteiger partial charge in [0, 0.05) is 16.4 Å². The smallest absolute Gasteiger partial charge is 0.267 e. The van der Waals surface area contributed by atoms with Crippen LogP contribution in [0.4, 0.5) is 11.5 Å². The molecule has 0 saturated carbocycles. The molecule has 8 heteroatoms. The van der Waals surface area contributed by atoms with Crippen molar-refractivity contribution in [2.24, 2.45) is 0 Å². The molecule has 0 radical (unpaired) electrons. The van der Waals surface area contributed by atoms with Gasteiger partial charge in [0.2, 0.25) is 5.78 Å². The Morgan fingerprint density at radius 3 is 2.62 bits per heavy atom. The number of benzene rings is 1. The van der Waals surface area contributed by atoms with Gasteiger partial charge in [-0.15, -0.1) is 11.3 Å². The van der Waals surface area contributed by atoms with Crippen molar-refractivity contribution in [1.82, 2.24) is 9.97 Å². The Morgan fingerprint density at radius 1 is 1.12 bits per heavy atom. The Hall–Kier alpha value is -2.58. The van der Waals surface area contributed by atoms with Gasteiger partial charge in [0.25, 0.3) is 5.91 Å². The zero-order valence-electron chi connectivity index (χ0n) is 12.2. The first kappa shape index (κ1) is 16.3. The van der Waals surface area contributed by atoms with E-state index in [1.807, 2.05) is 18.2 Å². The van der Waals surface area contributed by atoms with E-state index in [1.165, 1.54) is 12.4 Å². The summed E-state index contributed by atoms with van der Waals surface area (Å²) >= 11 is 4.26. The Bertz CT molecular complexity index is 911. The molecule has 1 amide bonds. The second-order valence-electron chi connectivity index (χ2n) is 4.77. The number of thiazole rings is 1. The van der Waals surface area contributed by atoms with Crippen LogP contribution in [0.15, 0.2) is 53.3 Å². The normalized spacial score (nSPS) is 10.4. The highest BCUT2D eigenvalue weighted by Gasteiger charge is 2.19. The molecule has 0 fully saturated rings. The highest BCUT2D eigenvalue weighted by Crippen LogP contribution is 2.22. The lowest BCUT2D eigenvalue weighted by molar-refractivity contribution is 0.102. The fourth-order valence-electron chi connectivity index (χ4n) is 1.95. The minimum Gasteiger partial charge on any atom is -0.383 e. The van der Waals surface area contributed by atoms with E-state index < -0.39 is 0 Å². The van der Waals surface area contributed by atoms with Gasteiger partial charge in [-0.3, -0.25) is 9.59 Å². The number of halogens is 1. The lowest BCUT2D eigenvalue weighted by Gasteiger charge is -2.02. The first-order valence-corrected chi connectivity index (χ1v) is 8.43. The molecule has 24 heavy (non-hydrogen) atoms. The molecule has 2 heterocycles. The third kappa shape index (κ3) is 3.50. The SMILES string of the molecule is Nc1ncc(Br)cc1C(=O)c1ncc(C(=O)Nc2ccccc2)s1. The van der Waals surface area contributed by atoms with Gasteiger partial charge in [-0.25, -0.2) is 9.97 Å². The summed E-state index contributed by atoms with van der Waals surface area (Å²) in [7, 11) is 0. The monoisotopic (exact) mass is 402 g/mol. The van der Waals surface area contributed by atoms with Crippen LogP contribution in [0.5, 0.6) is 0 Å². The van der Waals surface area contributed by atoms with Crippen molar-refractivity contribution in [2.75, 3.05) is 11.1 Å². The molecule has 3 N–H and O–H groups in total. The summed E-state index contributed by atoms with van der Waals surface area (Å²) in [5.41, 5.74) is 6.66. The number of nitrogens with two attached hydrogens (primary N) is 1. The molecule has 0 aliphatic rings. The molecule has 0 spiro atoms. The lowest BCUT2D eigenvalue weighted by atomic mass is 10.2.